The summed E-state index contributed by atoms with van der Waals surface area (Å²) in [5, 5.41) is 12.3. The Hall–Kier alpha value is -3.31. The molecule has 0 saturated heterocycles. The first kappa shape index (κ1) is 17.5. The monoisotopic (exact) mass is 349 g/mol. The maximum absolute atomic E-state index is 12.2. The van der Waals surface area contributed by atoms with Gasteiger partial charge in [-0.1, -0.05) is 42.5 Å². The molecule has 0 atom stereocenters. The van der Waals surface area contributed by atoms with Crippen molar-refractivity contribution >= 4 is 11.6 Å². The van der Waals surface area contributed by atoms with Crippen molar-refractivity contribution in [3.05, 3.63) is 84.4 Å². The van der Waals surface area contributed by atoms with Gasteiger partial charge in [0.05, 0.1) is 12.3 Å². The lowest BCUT2D eigenvalue weighted by atomic mass is 10.1. The lowest BCUT2D eigenvalue weighted by Gasteiger charge is -2.13. The van der Waals surface area contributed by atoms with Gasteiger partial charge in [0.2, 0.25) is 0 Å². The highest BCUT2D eigenvalue weighted by atomic mass is 16.5. The van der Waals surface area contributed by atoms with E-state index in [1.165, 1.54) is 0 Å². The van der Waals surface area contributed by atoms with E-state index in [9.17, 15) is 9.90 Å². The van der Waals surface area contributed by atoms with Gasteiger partial charge >= 0.3 is 0 Å². The second-order valence-corrected chi connectivity index (χ2v) is 5.54. The number of amides is 1. The average Bonchev–Trinajstić information content (AvgIpc) is 2.68. The van der Waals surface area contributed by atoms with Crippen molar-refractivity contribution in [2.24, 2.45) is 0 Å². The van der Waals surface area contributed by atoms with Crippen LogP contribution in [0.3, 0.4) is 0 Å². The Morgan fingerprint density at radius 1 is 0.846 bits per heavy atom. The quantitative estimate of drug-likeness (QED) is 0.677. The molecule has 5 heteroatoms. The van der Waals surface area contributed by atoms with Crippen molar-refractivity contribution in [1.82, 2.24) is 0 Å². The van der Waals surface area contributed by atoms with Gasteiger partial charge in [-0.15, -0.1) is 0 Å². The van der Waals surface area contributed by atoms with Crippen molar-refractivity contribution in [3.8, 4) is 17.2 Å². The molecule has 2 N–H and O–H groups in total. The predicted octanol–water partition coefficient (Wildman–Crippen LogP) is 3.99. The third-order valence-electron chi connectivity index (χ3n) is 3.62. The molecule has 0 spiro atoms. The number of carbonyl (C=O) groups excluding carboxylic acids is 1. The molecule has 3 rings (SSSR count). The molecule has 0 bridgehead atoms. The number of ether oxygens (including phenoxy) is 2. The number of carbonyl (C=O) groups is 1. The van der Waals surface area contributed by atoms with Crippen LogP contribution in [-0.4, -0.2) is 17.6 Å². The van der Waals surface area contributed by atoms with Gasteiger partial charge in [0.1, 0.15) is 17.2 Å². The molecule has 0 aromatic heterocycles. The zero-order chi connectivity index (χ0) is 18.2. The summed E-state index contributed by atoms with van der Waals surface area (Å²) < 4.78 is 11.2. The molecule has 0 radical (unpaired) electrons. The highest BCUT2D eigenvalue weighted by molar-refractivity contribution is 5.92. The third kappa shape index (κ3) is 4.84. The zero-order valence-corrected chi connectivity index (χ0v) is 14.1. The highest BCUT2D eigenvalue weighted by Crippen LogP contribution is 2.27. The Labute approximate surface area is 151 Å². The Bertz CT molecular complexity index is 850. The summed E-state index contributed by atoms with van der Waals surface area (Å²) in [4.78, 5) is 12.2. The first-order valence-corrected chi connectivity index (χ1v) is 8.19. The lowest BCUT2D eigenvalue weighted by molar-refractivity contribution is -0.118. The topological polar surface area (TPSA) is 67.8 Å². The Morgan fingerprint density at radius 2 is 1.50 bits per heavy atom. The number of aliphatic hydroxyl groups is 1. The van der Waals surface area contributed by atoms with Crippen LogP contribution >= 0.6 is 0 Å². The molecule has 0 fully saturated rings. The van der Waals surface area contributed by atoms with Crippen LogP contribution in [0.1, 0.15) is 5.56 Å². The fourth-order valence-electron chi connectivity index (χ4n) is 2.35. The second kappa shape index (κ2) is 8.69. The van der Waals surface area contributed by atoms with Crippen molar-refractivity contribution in [3.63, 3.8) is 0 Å². The predicted molar refractivity (Wildman–Crippen MR) is 99.4 cm³/mol. The molecular formula is C21H19NO4. The number of hydrogen-bond donors (Lipinski definition) is 2. The molecule has 0 aliphatic carbocycles. The van der Waals surface area contributed by atoms with E-state index < -0.39 is 0 Å². The minimum absolute atomic E-state index is 0.126. The van der Waals surface area contributed by atoms with Gasteiger partial charge in [0.15, 0.2) is 6.61 Å². The van der Waals surface area contributed by atoms with Crippen molar-refractivity contribution in [2.45, 2.75) is 6.61 Å². The van der Waals surface area contributed by atoms with Gasteiger partial charge in [-0.05, 0) is 30.3 Å². The van der Waals surface area contributed by atoms with Crippen LogP contribution in [0, 0.1) is 0 Å². The van der Waals surface area contributed by atoms with E-state index in [1.54, 1.807) is 30.3 Å². The smallest absolute Gasteiger partial charge is 0.262 e. The number of nitrogens with one attached hydrogen (secondary N) is 1. The summed E-state index contributed by atoms with van der Waals surface area (Å²) in [6.45, 7) is -0.320. The molecule has 5 nitrogen and oxygen atoms in total. The zero-order valence-electron chi connectivity index (χ0n) is 14.1. The van der Waals surface area contributed by atoms with Crippen LogP contribution in [-0.2, 0) is 11.4 Å². The van der Waals surface area contributed by atoms with Gasteiger partial charge in [0, 0.05) is 11.6 Å². The number of anilines is 1. The van der Waals surface area contributed by atoms with E-state index in [4.69, 9.17) is 9.47 Å². The van der Waals surface area contributed by atoms with Crippen LogP contribution in [0.4, 0.5) is 5.69 Å². The summed E-state index contributed by atoms with van der Waals surface area (Å²) in [6.07, 6.45) is 0. The van der Waals surface area contributed by atoms with Gasteiger partial charge in [-0.2, -0.15) is 0 Å². The number of hydrogen-bond acceptors (Lipinski definition) is 4. The Balaban J connectivity index is 1.67. The van der Waals surface area contributed by atoms with Crippen molar-refractivity contribution in [1.29, 1.82) is 0 Å². The van der Waals surface area contributed by atoms with Gasteiger partial charge in [-0.25, -0.2) is 0 Å². The molecule has 1 amide bonds. The summed E-state index contributed by atoms with van der Waals surface area (Å²) in [5.41, 5.74) is 1.08. The van der Waals surface area contributed by atoms with Crippen LogP contribution in [0.15, 0.2) is 78.9 Å². The Kier molecular flexibility index (Phi) is 5.85. The lowest BCUT2D eigenvalue weighted by Crippen LogP contribution is -2.21. The number of para-hydroxylation sites is 2. The summed E-state index contributed by atoms with van der Waals surface area (Å²) in [7, 11) is 0. The van der Waals surface area contributed by atoms with Gasteiger partial charge in [0.25, 0.3) is 5.91 Å². The Morgan fingerprint density at radius 3 is 2.15 bits per heavy atom. The highest BCUT2D eigenvalue weighted by Gasteiger charge is 2.10. The molecule has 3 aromatic carbocycles. The minimum atomic E-state index is -0.319. The largest absolute Gasteiger partial charge is 0.484 e. The summed E-state index contributed by atoms with van der Waals surface area (Å²) >= 11 is 0. The van der Waals surface area contributed by atoms with E-state index in [1.807, 2.05) is 48.5 Å². The van der Waals surface area contributed by atoms with Crippen LogP contribution in [0.25, 0.3) is 0 Å². The van der Waals surface area contributed by atoms with Gasteiger partial charge in [-0.3, -0.25) is 4.79 Å². The number of rotatable bonds is 7. The molecule has 132 valence electrons. The number of benzene rings is 3. The van der Waals surface area contributed by atoms with Crippen LogP contribution in [0.5, 0.6) is 17.2 Å². The van der Waals surface area contributed by atoms with Gasteiger partial charge < -0.3 is 19.9 Å². The second-order valence-electron chi connectivity index (χ2n) is 5.54. The fraction of sp³-hybridized carbons (Fsp3) is 0.0952. The van der Waals surface area contributed by atoms with Crippen LogP contribution < -0.4 is 14.8 Å². The molecule has 0 aliphatic heterocycles. The SMILES string of the molecule is O=C(COc1ccccc1)Nc1cc(Oc2ccccc2)ccc1CO. The average molecular weight is 349 g/mol. The van der Waals surface area contributed by atoms with Crippen molar-refractivity contribution < 1.29 is 19.4 Å². The maximum Gasteiger partial charge on any atom is 0.262 e. The van der Waals surface area contributed by atoms with E-state index >= 15 is 0 Å². The molecule has 0 aliphatic rings. The fourth-order valence-corrected chi connectivity index (χ4v) is 2.35. The molecule has 0 saturated carbocycles. The first-order chi connectivity index (χ1) is 12.7. The van der Waals surface area contributed by atoms with E-state index in [-0.39, 0.29) is 19.1 Å². The molecule has 26 heavy (non-hydrogen) atoms. The van der Waals surface area contributed by atoms with E-state index in [0.29, 0.717) is 28.5 Å². The number of aliphatic hydroxyl groups excluding tert-OH is 1. The standard InChI is InChI=1S/C21H19NO4/c23-14-16-11-12-19(26-18-9-5-2-6-10-18)13-20(16)22-21(24)15-25-17-7-3-1-4-8-17/h1-13,23H,14-15H2,(H,22,24). The molecule has 3 aromatic rings. The van der Waals surface area contributed by atoms with Crippen molar-refractivity contribution in [2.75, 3.05) is 11.9 Å². The minimum Gasteiger partial charge on any atom is -0.484 e. The molecule has 0 unspecified atom stereocenters. The molecular weight excluding hydrogens is 330 g/mol. The first-order valence-electron chi connectivity index (χ1n) is 8.19. The maximum atomic E-state index is 12.2. The van der Waals surface area contributed by atoms with E-state index in [0.717, 1.165) is 0 Å². The summed E-state index contributed by atoms with van der Waals surface area (Å²) in [6, 6.07) is 23.6. The van der Waals surface area contributed by atoms with E-state index in [2.05, 4.69) is 5.32 Å². The normalized spacial score (nSPS) is 10.2. The third-order valence-corrected chi connectivity index (χ3v) is 3.62. The summed E-state index contributed by atoms with van der Waals surface area (Å²) in [5.74, 6) is 1.55. The van der Waals surface area contributed by atoms with Crippen LogP contribution in [0.2, 0.25) is 0 Å². The molecule has 0 heterocycles.